The second kappa shape index (κ2) is 6.62. The van der Waals surface area contributed by atoms with Crippen LogP contribution in [0.4, 0.5) is 4.79 Å². The second-order valence-corrected chi connectivity index (χ2v) is 7.53. The first kappa shape index (κ1) is 15.7. The maximum Gasteiger partial charge on any atom is 0.288 e. The summed E-state index contributed by atoms with van der Waals surface area (Å²) >= 11 is 2.74. The van der Waals surface area contributed by atoms with Crippen molar-refractivity contribution in [3.63, 3.8) is 0 Å². The molecular formula is C16H15N3O3S2. The summed E-state index contributed by atoms with van der Waals surface area (Å²) in [5.41, 5.74) is 2.01. The summed E-state index contributed by atoms with van der Waals surface area (Å²) in [6.07, 6.45) is 4.60. The Labute approximate surface area is 147 Å². The van der Waals surface area contributed by atoms with Crippen LogP contribution in [0.5, 0.6) is 0 Å². The van der Waals surface area contributed by atoms with Gasteiger partial charge in [0.2, 0.25) is 5.91 Å². The minimum absolute atomic E-state index is 0.100. The molecule has 2 aliphatic rings. The van der Waals surface area contributed by atoms with Crippen LogP contribution < -0.4 is 0 Å². The number of rotatable bonds is 6. The van der Waals surface area contributed by atoms with Gasteiger partial charge in [-0.1, -0.05) is 29.6 Å². The average Bonchev–Trinajstić information content (AvgIpc) is 3.14. The SMILES string of the molecule is O=C1CSC(=O)N1CCCOCC1=Cc2cnc3cccc(n23)S1. The van der Waals surface area contributed by atoms with Crippen molar-refractivity contribution in [1.29, 1.82) is 0 Å². The number of hydrogen-bond acceptors (Lipinski definition) is 6. The van der Waals surface area contributed by atoms with Crippen LogP contribution >= 0.6 is 23.5 Å². The molecule has 0 aromatic carbocycles. The molecule has 0 aliphatic carbocycles. The Hall–Kier alpha value is -1.77. The first-order valence-electron chi connectivity index (χ1n) is 7.62. The highest BCUT2D eigenvalue weighted by molar-refractivity contribution is 8.14. The Bertz CT molecular complexity index is 830. The molecule has 2 aromatic rings. The normalized spacial score (nSPS) is 17.0. The van der Waals surface area contributed by atoms with E-state index in [-0.39, 0.29) is 16.9 Å². The molecule has 2 aliphatic heterocycles. The zero-order valence-corrected chi connectivity index (χ0v) is 14.4. The monoisotopic (exact) mass is 361 g/mol. The van der Waals surface area contributed by atoms with Gasteiger partial charge in [0.15, 0.2) is 0 Å². The number of hydrogen-bond donors (Lipinski definition) is 0. The molecule has 2 amide bonds. The van der Waals surface area contributed by atoms with Crippen LogP contribution in [0, 0.1) is 0 Å². The predicted octanol–water partition coefficient (Wildman–Crippen LogP) is 2.88. The molecule has 8 heteroatoms. The zero-order chi connectivity index (χ0) is 16.5. The second-order valence-electron chi connectivity index (χ2n) is 5.46. The van der Waals surface area contributed by atoms with E-state index in [1.165, 1.54) is 4.90 Å². The van der Waals surface area contributed by atoms with Gasteiger partial charge in [-0.05, 0) is 24.6 Å². The number of carbonyl (C=O) groups excluding carboxylic acids is 2. The lowest BCUT2D eigenvalue weighted by atomic mass is 10.3. The van der Waals surface area contributed by atoms with Gasteiger partial charge >= 0.3 is 0 Å². The van der Waals surface area contributed by atoms with Crippen molar-refractivity contribution < 1.29 is 14.3 Å². The number of ether oxygens (including phenoxy) is 1. The van der Waals surface area contributed by atoms with Gasteiger partial charge in [-0.2, -0.15) is 0 Å². The van der Waals surface area contributed by atoms with E-state index in [2.05, 4.69) is 21.5 Å². The lowest BCUT2D eigenvalue weighted by Crippen LogP contribution is -2.30. The van der Waals surface area contributed by atoms with E-state index >= 15 is 0 Å². The fourth-order valence-electron chi connectivity index (χ4n) is 2.70. The summed E-state index contributed by atoms with van der Waals surface area (Å²) in [5.74, 6) is 0.166. The van der Waals surface area contributed by atoms with E-state index in [1.807, 2.05) is 18.3 Å². The number of amides is 2. The molecule has 0 N–H and O–H groups in total. The molecule has 0 atom stereocenters. The predicted molar refractivity (Wildman–Crippen MR) is 94.0 cm³/mol. The summed E-state index contributed by atoms with van der Waals surface area (Å²) in [6.45, 7) is 1.47. The Kier molecular flexibility index (Phi) is 4.34. The Morgan fingerprint density at radius 1 is 1.29 bits per heavy atom. The molecule has 6 nitrogen and oxygen atoms in total. The Morgan fingerprint density at radius 2 is 2.21 bits per heavy atom. The summed E-state index contributed by atoms with van der Waals surface area (Å²) in [4.78, 5) is 29.8. The van der Waals surface area contributed by atoms with Crippen LogP contribution in [-0.2, 0) is 9.53 Å². The molecule has 0 bridgehead atoms. The van der Waals surface area contributed by atoms with Crippen LogP contribution in [0.3, 0.4) is 0 Å². The lowest BCUT2D eigenvalue weighted by molar-refractivity contribution is -0.124. The van der Waals surface area contributed by atoms with Gasteiger partial charge in [-0.3, -0.25) is 18.9 Å². The summed E-state index contributed by atoms with van der Waals surface area (Å²) < 4.78 is 7.84. The summed E-state index contributed by atoms with van der Waals surface area (Å²) in [6, 6.07) is 6.06. The average molecular weight is 361 g/mol. The number of imidazole rings is 1. The molecule has 0 radical (unpaired) electrons. The molecule has 1 fully saturated rings. The third-order valence-electron chi connectivity index (χ3n) is 3.82. The number of nitrogens with zero attached hydrogens (tertiary/aromatic N) is 3. The molecule has 24 heavy (non-hydrogen) atoms. The van der Waals surface area contributed by atoms with Crippen LogP contribution in [0.15, 0.2) is 34.3 Å². The molecule has 4 heterocycles. The topological polar surface area (TPSA) is 63.9 Å². The van der Waals surface area contributed by atoms with E-state index in [9.17, 15) is 9.59 Å². The highest BCUT2D eigenvalue weighted by Gasteiger charge is 2.29. The van der Waals surface area contributed by atoms with Crippen molar-refractivity contribution in [3.05, 3.63) is 35.0 Å². The van der Waals surface area contributed by atoms with Crippen molar-refractivity contribution >= 4 is 46.4 Å². The largest absolute Gasteiger partial charge is 0.376 e. The first-order valence-corrected chi connectivity index (χ1v) is 9.42. The van der Waals surface area contributed by atoms with E-state index in [1.54, 1.807) is 11.8 Å². The quantitative estimate of drug-likeness (QED) is 0.737. The fourth-order valence-corrected chi connectivity index (χ4v) is 4.48. The maximum absolute atomic E-state index is 11.5. The van der Waals surface area contributed by atoms with Gasteiger partial charge in [0, 0.05) is 18.1 Å². The zero-order valence-electron chi connectivity index (χ0n) is 12.8. The van der Waals surface area contributed by atoms with Crippen molar-refractivity contribution in [1.82, 2.24) is 14.3 Å². The summed E-state index contributed by atoms with van der Waals surface area (Å²) in [5, 5.41) is 0.985. The number of imide groups is 1. The fraction of sp³-hybridized carbons (Fsp3) is 0.312. The highest BCUT2D eigenvalue weighted by Crippen LogP contribution is 2.34. The van der Waals surface area contributed by atoms with Gasteiger partial charge in [0.25, 0.3) is 5.24 Å². The van der Waals surface area contributed by atoms with Crippen LogP contribution in [0.25, 0.3) is 11.7 Å². The third-order valence-corrected chi connectivity index (χ3v) is 5.70. The standard InChI is InChI=1S/C16H15N3O3S2/c20-14-10-23-16(21)18(14)5-2-6-22-9-12-7-11-8-17-13-3-1-4-15(24-12)19(11)13/h1,3-4,7-8H,2,5-6,9-10H2. The molecule has 0 unspecified atom stereocenters. The molecule has 2 aromatic heterocycles. The number of aromatic nitrogens is 2. The van der Waals surface area contributed by atoms with Gasteiger partial charge in [0.05, 0.1) is 29.3 Å². The van der Waals surface area contributed by atoms with Crippen LogP contribution in [-0.4, -0.2) is 50.9 Å². The van der Waals surface area contributed by atoms with Gasteiger partial charge in [0.1, 0.15) is 5.65 Å². The number of pyridine rings is 1. The van der Waals surface area contributed by atoms with Crippen molar-refractivity contribution in [2.24, 2.45) is 0 Å². The first-order chi connectivity index (χ1) is 11.7. The highest BCUT2D eigenvalue weighted by atomic mass is 32.2. The van der Waals surface area contributed by atoms with Crippen molar-refractivity contribution in [3.8, 4) is 0 Å². The van der Waals surface area contributed by atoms with Gasteiger partial charge < -0.3 is 4.74 Å². The smallest absolute Gasteiger partial charge is 0.288 e. The van der Waals surface area contributed by atoms with E-state index in [0.717, 1.165) is 33.0 Å². The van der Waals surface area contributed by atoms with E-state index in [4.69, 9.17) is 4.74 Å². The Morgan fingerprint density at radius 3 is 3.04 bits per heavy atom. The van der Waals surface area contributed by atoms with Crippen LogP contribution in [0.1, 0.15) is 12.1 Å². The van der Waals surface area contributed by atoms with Gasteiger partial charge in [-0.15, -0.1) is 0 Å². The minimum Gasteiger partial charge on any atom is -0.376 e. The summed E-state index contributed by atoms with van der Waals surface area (Å²) in [7, 11) is 0. The Balaban J connectivity index is 1.29. The van der Waals surface area contributed by atoms with Gasteiger partial charge in [-0.25, -0.2) is 4.98 Å². The van der Waals surface area contributed by atoms with E-state index in [0.29, 0.717) is 26.2 Å². The molecular weight excluding hydrogens is 346 g/mol. The number of thioether (sulfide) groups is 2. The van der Waals surface area contributed by atoms with Crippen LogP contribution in [0.2, 0.25) is 0 Å². The molecule has 124 valence electrons. The molecule has 1 saturated heterocycles. The maximum atomic E-state index is 11.5. The molecule has 0 spiro atoms. The minimum atomic E-state index is -0.146. The molecule has 4 rings (SSSR count). The lowest BCUT2D eigenvalue weighted by Gasteiger charge is -2.16. The molecule has 0 saturated carbocycles. The van der Waals surface area contributed by atoms with E-state index < -0.39 is 0 Å². The third kappa shape index (κ3) is 2.97. The number of carbonyl (C=O) groups is 2. The van der Waals surface area contributed by atoms with Crippen molar-refractivity contribution in [2.45, 2.75) is 11.4 Å². The van der Waals surface area contributed by atoms with Crippen molar-refractivity contribution in [2.75, 3.05) is 25.5 Å².